The molecule has 1 atom stereocenters. The van der Waals surface area contributed by atoms with E-state index in [0.29, 0.717) is 11.5 Å². The molecule has 0 heterocycles. The van der Waals surface area contributed by atoms with Crippen molar-refractivity contribution in [3.63, 3.8) is 0 Å². The Hall–Kier alpha value is 0.660. The minimum Gasteiger partial charge on any atom is -1.00 e. The van der Waals surface area contributed by atoms with Crippen molar-refractivity contribution in [3.8, 4) is 17.2 Å². The molecule has 0 fully saturated rings. The van der Waals surface area contributed by atoms with Crippen LogP contribution in [0.1, 0.15) is 6.99 Å². The summed E-state index contributed by atoms with van der Waals surface area (Å²) in [6.45, 7) is 0. The van der Waals surface area contributed by atoms with Gasteiger partial charge in [0.15, 0.2) is 0 Å². The second kappa shape index (κ2) is 10.1. The van der Waals surface area contributed by atoms with Crippen molar-refractivity contribution in [2.45, 2.75) is 12.5 Å². The number of halogens is 3. The summed E-state index contributed by atoms with van der Waals surface area (Å²) in [5.41, 5.74) is 6.47. The molecule has 0 aliphatic heterocycles. The molecule has 4 N–H and O–H groups in total. The monoisotopic (exact) mass is 675 g/mol. The first kappa shape index (κ1) is 22.7. The molecule has 0 saturated heterocycles. The van der Waals surface area contributed by atoms with Gasteiger partial charge in [0.25, 0.3) is 0 Å². The molecule has 0 aliphatic rings. The Morgan fingerprint density at radius 2 is 1.79 bits per heavy atom. The van der Waals surface area contributed by atoms with Crippen molar-refractivity contribution in [3.05, 3.63) is 46.6 Å². The summed E-state index contributed by atoms with van der Waals surface area (Å²) >= 11 is 6.43. The van der Waals surface area contributed by atoms with Crippen molar-refractivity contribution in [2.75, 3.05) is 0 Å². The average Bonchev–Trinajstić information content (AvgIpc) is 2.49. The van der Waals surface area contributed by atoms with Crippen LogP contribution in [0.3, 0.4) is 0 Å². The van der Waals surface area contributed by atoms with Gasteiger partial charge in [-0.1, -0.05) is 6.07 Å². The van der Waals surface area contributed by atoms with Crippen LogP contribution in [0.5, 0.6) is 17.2 Å². The van der Waals surface area contributed by atoms with Crippen molar-refractivity contribution in [2.24, 2.45) is 5.73 Å². The molecule has 0 radical (unpaired) electrons. The minimum absolute atomic E-state index is 0. The molecule has 124 valence electrons. The first-order valence-electron chi connectivity index (χ1n) is 6.41. The number of carbonyl (C=O) groups is 1. The third-order valence-corrected chi connectivity index (χ3v) is 7.20. The molecule has 0 aromatic heterocycles. The third kappa shape index (κ3) is 5.84. The summed E-state index contributed by atoms with van der Waals surface area (Å²) in [6.07, 6.45) is 0.265. The van der Waals surface area contributed by atoms with Gasteiger partial charge >= 0.3 is 35.5 Å². The van der Waals surface area contributed by atoms with Gasteiger partial charge < -0.3 is 22.1 Å². The molecule has 24 heavy (non-hydrogen) atoms. The van der Waals surface area contributed by atoms with Crippen LogP contribution in [0.25, 0.3) is 0 Å². The van der Waals surface area contributed by atoms with Gasteiger partial charge in [-0.05, 0) is 104 Å². The summed E-state index contributed by atoms with van der Waals surface area (Å²) in [7, 11) is 0. The molecule has 2 rings (SSSR count). The second-order valence-electron chi connectivity index (χ2n) is 4.72. The molecule has 2 aromatic carbocycles. The van der Waals surface area contributed by atoms with E-state index in [1.54, 1.807) is 24.3 Å². The van der Waals surface area contributed by atoms with Crippen molar-refractivity contribution in [1.29, 1.82) is 0 Å². The number of phenolic OH excluding ortho intramolecular Hbond substituents is 1. The fourth-order valence-electron chi connectivity index (χ4n) is 1.82. The number of aliphatic carboxylic acids is 1. The Morgan fingerprint density at radius 3 is 2.38 bits per heavy atom. The zero-order valence-electron chi connectivity index (χ0n) is 13.6. The van der Waals surface area contributed by atoms with E-state index < -0.39 is 12.0 Å². The van der Waals surface area contributed by atoms with Gasteiger partial charge in [0.2, 0.25) is 0 Å². The zero-order chi connectivity index (χ0) is 17.1. The summed E-state index contributed by atoms with van der Waals surface area (Å²) in [6, 6.07) is 7.59. The first-order chi connectivity index (χ1) is 10.8. The largest absolute Gasteiger partial charge is 1.00 e. The van der Waals surface area contributed by atoms with E-state index >= 15 is 0 Å². The standard InChI is InChI=1S/C15H12I3NO4.Na.H/c16-9-6-8(20)2-4-11(9)23-12-3-1-7(13(17)14(12)18)5-10(19)15(21)22;;/h1-4,6,10,20H,5,19H2,(H,21,22);;/q;+1;-1/t10-;;/m0../s1. The topological polar surface area (TPSA) is 92.8 Å². The van der Waals surface area contributed by atoms with Crippen LogP contribution in [-0.4, -0.2) is 22.2 Å². The summed E-state index contributed by atoms with van der Waals surface area (Å²) in [5, 5.41) is 18.4. The Bertz CT molecular complexity index is 764. The van der Waals surface area contributed by atoms with E-state index in [2.05, 4.69) is 67.8 Å². The van der Waals surface area contributed by atoms with Gasteiger partial charge in [0.1, 0.15) is 23.3 Å². The maximum atomic E-state index is 10.9. The van der Waals surface area contributed by atoms with E-state index in [4.69, 9.17) is 15.6 Å². The van der Waals surface area contributed by atoms with Gasteiger partial charge in [0, 0.05) is 3.57 Å². The smallest absolute Gasteiger partial charge is 1.00 e. The Labute approximate surface area is 203 Å². The molecular weight excluding hydrogens is 662 g/mol. The number of phenols is 1. The predicted molar refractivity (Wildman–Crippen MR) is 113 cm³/mol. The Kier molecular flexibility index (Phi) is 9.57. The fraction of sp³-hybridized carbons (Fsp3) is 0.133. The number of rotatable bonds is 5. The quantitative estimate of drug-likeness (QED) is 0.326. The average molecular weight is 675 g/mol. The minimum atomic E-state index is -1.02. The maximum Gasteiger partial charge on any atom is 1.00 e. The molecular formula is C15H13I3NNaO4. The van der Waals surface area contributed by atoms with E-state index in [1.165, 1.54) is 0 Å². The van der Waals surface area contributed by atoms with Gasteiger partial charge in [-0.3, -0.25) is 4.79 Å². The number of ether oxygens (including phenoxy) is 1. The third-order valence-electron chi connectivity index (χ3n) is 3.02. The normalized spacial score (nSPS) is 11.5. The van der Waals surface area contributed by atoms with E-state index in [9.17, 15) is 9.90 Å². The van der Waals surface area contributed by atoms with Crippen LogP contribution >= 0.6 is 67.8 Å². The number of benzene rings is 2. The van der Waals surface area contributed by atoms with Crippen LogP contribution < -0.4 is 40.0 Å². The van der Waals surface area contributed by atoms with Gasteiger partial charge in [-0.15, -0.1) is 0 Å². The Balaban J connectivity index is 0.00000288. The van der Waals surface area contributed by atoms with Crippen molar-refractivity contribution < 1.29 is 50.7 Å². The molecule has 0 bridgehead atoms. The van der Waals surface area contributed by atoms with Crippen LogP contribution in [-0.2, 0) is 11.2 Å². The summed E-state index contributed by atoms with van der Waals surface area (Å²) < 4.78 is 8.51. The molecule has 5 nitrogen and oxygen atoms in total. The van der Waals surface area contributed by atoms with Gasteiger partial charge in [-0.25, -0.2) is 0 Å². The van der Waals surface area contributed by atoms with Crippen molar-refractivity contribution >= 4 is 73.7 Å². The summed E-state index contributed by atoms with van der Waals surface area (Å²) in [5.74, 6) is 0.483. The second-order valence-corrected chi connectivity index (χ2v) is 8.04. The number of carboxylic acid groups (broad SMARTS) is 1. The van der Waals surface area contributed by atoms with Crippen LogP contribution in [0, 0.1) is 10.7 Å². The van der Waals surface area contributed by atoms with E-state index in [1.807, 2.05) is 6.07 Å². The number of carboxylic acids is 1. The molecule has 9 heteroatoms. The van der Waals surface area contributed by atoms with E-state index in [-0.39, 0.29) is 43.2 Å². The molecule has 0 aliphatic carbocycles. The van der Waals surface area contributed by atoms with Crippen LogP contribution in [0.15, 0.2) is 30.3 Å². The predicted octanol–water partition coefficient (Wildman–Crippen LogP) is 1.07. The van der Waals surface area contributed by atoms with E-state index in [0.717, 1.165) is 16.3 Å². The van der Waals surface area contributed by atoms with Crippen LogP contribution in [0.4, 0.5) is 0 Å². The first-order valence-corrected chi connectivity index (χ1v) is 9.65. The molecule has 0 spiro atoms. The zero-order valence-corrected chi connectivity index (χ0v) is 21.1. The van der Waals surface area contributed by atoms with Crippen molar-refractivity contribution in [1.82, 2.24) is 0 Å². The molecule has 0 amide bonds. The Morgan fingerprint density at radius 1 is 1.17 bits per heavy atom. The summed E-state index contributed by atoms with van der Waals surface area (Å²) in [4.78, 5) is 10.9. The number of hydrogen-bond donors (Lipinski definition) is 3. The van der Waals surface area contributed by atoms with Crippen LogP contribution in [0.2, 0.25) is 0 Å². The number of nitrogens with two attached hydrogens (primary N) is 1. The van der Waals surface area contributed by atoms with Gasteiger partial charge in [-0.2, -0.15) is 0 Å². The fourth-order valence-corrected chi connectivity index (χ4v) is 3.73. The molecule has 0 unspecified atom stereocenters. The maximum absolute atomic E-state index is 10.9. The number of hydrogen-bond acceptors (Lipinski definition) is 4. The molecule has 0 saturated carbocycles. The SMILES string of the molecule is N[C@@H](Cc1ccc(Oc2ccc(O)cc2I)c(I)c1I)C(=O)O.[H-].[Na+]. The number of aromatic hydroxyl groups is 1. The molecule has 2 aromatic rings. The van der Waals surface area contributed by atoms with Gasteiger partial charge in [0.05, 0.1) is 7.14 Å².